The molecule has 3 aliphatic heterocycles. The lowest BCUT2D eigenvalue weighted by Gasteiger charge is -2.35. The van der Waals surface area contributed by atoms with E-state index in [0.29, 0.717) is 24.9 Å². The SMILES string of the molecule is Cc1ncsc1-c1ccc(CNC(=O)[C@@H]2C[C@@H](O)CN2C(=O)[C@@H](NC(=O)CCCCCc2ccc(CNC(=O)[C@H](CCC(N)=O)NC(=O)[C@@H]3Cc4cccc5c4N3C(=O)[C@@H](N)CC5)cc2)C(C)(C)C)cc1. The number of carbonyl (C=O) groups excluding carboxylic acids is 7. The van der Waals surface area contributed by atoms with E-state index < -0.39 is 65.4 Å². The van der Waals surface area contributed by atoms with Crippen molar-refractivity contribution in [3.8, 4) is 10.4 Å². The molecule has 0 saturated carbocycles. The number of thiazole rings is 1. The number of nitrogens with two attached hydrogens (primary N) is 2. The van der Waals surface area contributed by atoms with Gasteiger partial charge in [0.1, 0.15) is 24.2 Å². The summed E-state index contributed by atoms with van der Waals surface area (Å²) in [4.78, 5) is 102. The molecule has 0 unspecified atom stereocenters. The first-order chi connectivity index (χ1) is 33.9. The molecule has 1 saturated heterocycles. The highest BCUT2D eigenvalue weighted by Gasteiger charge is 2.45. The normalized spacial score (nSPS) is 19.3. The van der Waals surface area contributed by atoms with Gasteiger partial charge in [-0.1, -0.05) is 93.9 Å². The van der Waals surface area contributed by atoms with E-state index in [1.54, 1.807) is 11.3 Å². The number of primary amides is 1. The number of hydrogen-bond acceptors (Lipinski definition) is 11. The van der Waals surface area contributed by atoms with Crippen LogP contribution in [0.4, 0.5) is 5.69 Å². The minimum Gasteiger partial charge on any atom is -0.391 e. The lowest BCUT2D eigenvalue weighted by molar-refractivity contribution is -0.144. The smallest absolute Gasteiger partial charge is 0.246 e. The number of aliphatic hydroxyl groups excluding tert-OH is 1. The predicted octanol–water partition coefficient (Wildman–Crippen LogP) is 3.63. The van der Waals surface area contributed by atoms with Gasteiger partial charge in [-0.15, -0.1) is 11.3 Å². The average molecular weight is 990 g/mol. The number of β-amino-alcohol motifs (C(OH)–C–C–N with tert-alkyl or cyclic N) is 1. The van der Waals surface area contributed by atoms with Crippen molar-refractivity contribution in [3.63, 3.8) is 0 Å². The van der Waals surface area contributed by atoms with E-state index >= 15 is 0 Å². The molecule has 0 spiro atoms. The Balaban J connectivity index is 0.841. The molecule has 4 aromatic rings. The van der Waals surface area contributed by atoms with Crippen molar-refractivity contribution in [2.75, 3.05) is 11.4 Å². The van der Waals surface area contributed by atoms with Crippen LogP contribution in [-0.2, 0) is 65.9 Å². The highest BCUT2D eigenvalue weighted by molar-refractivity contribution is 7.13. The molecule has 0 radical (unpaired) electrons. The molecule has 1 fully saturated rings. The quantitative estimate of drug-likeness (QED) is 0.0633. The first kappa shape index (κ1) is 52.3. The summed E-state index contributed by atoms with van der Waals surface area (Å²) in [6.45, 7) is 7.96. The minimum absolute atomic E-state index is 0.00593. The first-order valence-electron chi connectivity index (χ1n) is 24.6. The molecule has 7 rings (SSSR count). The summed E-state index contributed by atoms with van der Waals surface area (Å²) >= 11 is 1.57. The summed E-state index contributed by atoms with van der Waals surface area (Å²) in [6.07, 6.45) is 3.59. The molecule has 9 N–H and O–H groups in total. The highest BCUT2D eigenvalue weighted by Crippen LogP contribution is 2.39. The summed E-state index contributed by atoms with van der Waals surface area (Å²) in [5.41, 5.74) is 20.1. The zero-order chi connectivity index (χ0) is 51.0. The van der Waals surface area contributed by atoms with Crippen LogP contribution in [0.25, 0.3) is 10.4 Å². The Hall–Kier alpha value is -6.50. The zero-order valence-electron chi connectivity index (χ0n) is 41.0. The third-order valence-corrected chi connectivity index (χ3v) is 14.6. The van der Waals surface area contributed by atoms with Gasteiger partial charge in [-0.3, -0.25) is 38.5 Å². The van der Waals surface area contributed by atoms with Crippen molar-refractivity contribution in [1.29, 1.82) is 0 Å². The number of hydrogen-bond donors (Lipinski definition) is 7. The second kappa shape index (κ2) is 23.2. The van der Waals surface area contributed by atoms with E-state index in [9.17, 15) is 38.7 Å². The van der Waals surface area contributed by atoms with Gasteiger partial charge >= 0.3 is 0 Å². The number of unbranched alkanes of at least 4 members (excludes halogenated alkanes) is 2. The maximum Gasteiger partial charge on any atom is 0.246 e. The van der Waals surface area contributed by atoms with Crippen LogP contribution in [0, 0.1) is 12.3 Å². The topological polar surface area (TPSA) is 259 Å². The Kier molecular flexibility index (Phi) is 17.1. The fourth-order valence-corrected chi connectivity index (χ4v) is 10.4. The third kappa shape index (κ3) is 13.1. The van der Waals surface area contributed by atoms with Gasteiger partial charge in [0.2, 0.25) is 41.4 Å². The number of carbonyl (C=O) groups is 7. The minimum atomic E-state index is -1.07. The number of aryl methyl sites for hydroxylation is 3. The van der Waals surface area contributed by atoms with Gasteiger partial charge in [0, 0.05) is 45.3 Å². The summed E-state index contributed by atoms with van der Waals surface area (Å²) in [7, 11) is 0. The number of nitrogens with one attached hydrogen (secondary N) is 4. The van der Waals surface area contributed by atoms with Crippen molar-refractivity contribution >= 4 is 58.4 Å². The molecule has 6 atom stereocenters. The number of para-hydroxylation sites is 1. The van der Waals surface area contributed by atoms with Gasteiger partial charge in [0.15, 0.2) is 0 Å². The van der Waals surface area contributed by atoms with Crippen molar-refractivity contribution < 1.29 is 38.7 Å². The number of rotatable bonds is 20. The molecule has 0 bridgehead atoms. The van der Waals surface area contributed by atoms with Crippen molar-refractivity contribution in [2.45, 2.75) is 148 Å². The molecule has 3 aliphatic rings. The molecular weight excluding hydrogens is 923 g/mol. The van der Waals surface area contributed by atoms with Crippen molar-refractivity contribution in [3.05, 3.63) is 106 Å². The Morgan fingerprint density at radius 3 is 2.20 bits per heavy atom. The highest BCUT2D eigenvalue weighted by atomic mass is 32.1. The van der Waals surface area contributed by atoms with Gasteiger partial charge in [-0.2, -0.15) is 0 Å². The monoisotopic (exact) mass is 989 g/mol. The van der Waals surface area contributed by atoms with Crippen LogP contribution >= 0.6 is 11.3 Å². The fourth-order valence-electron chi connectivity index (χ4n) is 9.63. The molecule has 18 heteroatoms. The molecule has 1 aromatic heterocycles. The summed E-state index contributed by atoms with van der Waals surface area (Å²) in [5, 5.41) is 22.2. The van der Waals surface area contributed by atoms with E-state index in [2.05, 4.69) is 26.3 Å². The number of nitrogens with zero attached hydrogens (tertiary/aromatic N) is 3. The molecule has 71 heavy (non-hydrogen) atoms. The molecule has 0 aliphatic carbocycles. The van der Waals surface area contributed by atoms with Crippen molar-refractivity contribution in [1.82, 2.24) is 31.2 Å². The number of likely N-dealkylation sites (tertiary alicyclic amines) is 1. The molecule has 378 valence electrons. The van der Waals surface area contributed by atoms with Crippen LogP contribution in [0.15, 0.2) is 72.2 Å². The molecule has 3 aromatic carbocycles. The van der Waals surface area contributed by atoms with Crippen LogP contribution in [0.1, 0.15) is 106 Å². The van der Waals surface area contributed by atoms with Gasteiger partial charge in [-0.05, 0) is 84.2 Å². The first-order valence-corrected chi connectivity index (χ1v) is 25.4. The summed E-state index contributed by atoms with van der Waals surface area (Å²) in [6, 6.07) is 16.8. The number of aromatic nitrogens is 1. The third-order valence-electron chi connectivity index (χ3n) is 13.6. The zero-order valence-corrected chi connectivity index (χ0v) is 41.8. The molecular formula is C53H67N9O8S. The maximum absolute atomic E-state index is 14.1. The van der Waals surface area contributed by atoms with Gasteiger partial charge < -0.3 is 42.7 Å². The van der Waals surface area contributed by atoms with Gasteiger partial charge in [-0.25, -0.2) is 4.98 Å². The van der Waals surface area contributed by atoms with Crippen LogP contribution in [0.3, 0.4) is 0 Å². The summed E-state index contributed by atoms with van der Waals surface area (Å²) < 4.78 is 0. The van der Waals surface area contributed by atoms with Gasteiger partial charge in [0.25, 0.3) is 0 Å². The Labute approximate surface area is 418 Å². The van der Waals surface area contributed by atoms with Crippen LogP contribution in [0.5, 0.6) is 0 Å². The van der Waals surface area contributed by atoms with Crippen LogP contribution < -0.4 is 37.6 Å². The number of anilines is 1. The molecule has 17 nitrogen and oxygen atoms in total. The van der Waals surface area contributed by atoms with E-state index in [1.165, 1.54) is 9.80 Å². The van der Waals surface area contributed by atoms with Gasteiger partial charge in [0.05, 0.1) is 33.9 Å². The fraction of sp³-hybridized carbons (Fsp3) is 0.472. The maximum atomic E-state index is 14.1. The van der Waals surface area contributed by atoms with E-state index in [1.807, 2.05) is 99.9 Å². The van der Waals surface area contributed by atoms with Crippen LogP contribution in [0.2, 0.25) is 0 Å². The van der Waals surface area contributed by atoms with Crippen molar-refractivity contribution in [2.24, 2.45) is 16.9 Å². The molecule has 7 amide bonds. The van der Waals surface area contributed by atoms with E-state index in [4.69, 9.17) is 11.5 Å². The second-order valence-electron chi connectivity index (χ2n) is 20.1. The Morgan fingerprint density at radius 1 is 0.845 bits per heavy atom. The van der Waals surface area contributed by atoms with E-state index in [-0.39, 0.29) is 69.5 Å². The Morgan fingerprint density at radius 2 is 1.52 bits per heavy atom. The molecule has 4 heterocycles. The predicted molar refractivity (Wildman–Crippen MR) is 270 cm³/mol. The Bertz CT molecular complexity index is 2590. The average Bonchev–Trinajstić information content (AvgIpc) is 4.06. The van der Waals surface area contributed by atoms with Crippen LogP contribution in [-0.4, -0.2) is 99.2 Å². The van der Waals surface area contributed by atoms with E-state index in [0.717, 1.165) is 63.2 Å². The standard InChI is InChI=1S/C53H67N9O8S/c1-31-46(71-30-58-31)36-19-17-34(18-20-36)28-57-49(67)41-26-38(63)29-61(41)52(70)47(53(2,3)4)60-44(65)12-7-5-6-9-32-13-15-33(16-14-32)27-56-48(66)40(23-24-43(55)64)59-50(68)42-25-37-11-8-10-35-21-22-39(54)51(69)62(42)45(35)37/h8,10-11,13-20,30,38-42,47,63H,5-7,9,12,21-29,54H2,1-4H3,(H2,55,64)(H,56,66)(H,57,67)(H,59,68)(H,60,65)/t38-,39+,40+,41+,42+,47-/m1/s1. The largest absolute Gasteiger partial charge is 0.391 e. The number of benzene rings is 3. The lowest BCUT2D eigenvalue weighted by atomic mass is 9.85. The number of amides is 7. The second-order valence-corrected chi connectivity index (χ2v) is 21.0. The number of aliphatic hydroxyl groups is 1. The lowest BCUT2D eigenvalue weighted by Crippen LogP contribution is -2.57. The summed E-state index contributed by atoms with van der Waals surface area (Å²) in [5.74, 6) is -2.99.